The summed E-state index contributed by atoms with van der Waals surface area (Å²) < 4.78 is 15.8. The Kier molecular flexibility index (Phi) is 5.49. The summed E-state index contributed by atoms with van der Waals surface area (Å²) in [5, 5.41) is 0. The van der Waals surface area contributed by atoms with Crippen molar-refractivity contribution in [2.45, 2.75) is 78.7 Å². The number of amides is 1. The molecule has 0 saturated heterocycles. The second-order valence-electron chi connectivity index (χ2n) is 8.50. The van der Waals surface area contributed by atoms with Gasteiger partial charge in [-0.15, -0.1) is 0 Å². The number of hydrogen-bond acceptors (Lipinski definition) is 6. The van der Waals surface area contributed by atoms with Crippen molar-refractivity contribution in [2.24, 2.45) is 0 Å². The summed E-state index contributed by atoms with van der Waals surface area (Å²) >= 11 is 0. The summed E-state index contributed by atoms with van der Waals surface area (Å²) in [7, 11) is 0. The molecule has 0 radical (unpaired) electrons. The van der Waals surface area contributed by atoms with Crippen molar-refractivity contribution in [1.29, 1.82) is 0 Å². The highest BCUT2D eigenvalue weighted by atomic mass is 16.7. The zero-order valence-electron chi connectivity index (χ0n) is 16.6. The van der Waals surface area contributed by atoms with Crippen molar-refractivity contribution in [1.82, 2.24) is 9.88 Å². The van der Waals surface area contributed by atoms with Crippen LogP contribution < -0.4 is 4.74 Å². The Balaban J connectivity index is 2.13. The standard InChI is InChI=1S/C19H28N2O5/c1-12-8-15-13(11-21(12)16(22)25-18(2,3)4)9-14(10-20-15)24-17(23)26-19(5,6)7/h9-10,12H,8,11H2,1-7H3/t12-/m1/s1. The van der Waals surface area contributed by atoms with Crippen molar-refractivity contribution < 1.29 is 23.8 Å². The summed E-state index contributed by atoms with van der Waals surface area (Å²) in [5.41, 5.74) is 0.516. The number of fused-ring (bicyclic) bond motifs is 1. The van der Waals surface area contributed by atoms with Crippen LogP contribution in [0.15, 0.2) is 12.3 Å². The fourth-order valence-corrected chi connectivity index (χ4v) is 2.55. The predicted molar refractivity (Wildman–Crippen MR) is 96.0 cm³/mol. The Bertz CT molecular complexity index is 688. The third-order valence-corrected chi connectivity index (χ3v) is 3.62. The van der Waals surface area contributed by atoms with Gasteiger partial charge in [-0.1, -0.05) is 0 Å². The maximum Gasteiger partial charge on any atom is 0.514 e. The van der Waals surface area contributed by atoms with Gasteiger partial charge in [0.25, 0.3) is 0 Å². The first-order chi connectivity index (χ1) is 11.8. The van der Waals surface area contributed by atoms with E-state index in [2.05, 4.69) is 4.98 Å². The molecule has 26 heavy (non-hydrogen) atoms. The average Bonchev–Trinajstić information content (AvgIpc) is 2.42. The lowest BCUT2D eigenvalue weighted by atomic mass is 10.00. The molecule has 0 fully saturated rings. The molecule has 0 bridgehead atoms. The number of rotatable bonds is 1. The number of ether oxygens (including phenoxy) is 3. The van der Waals surface area contributed by atoms with Crippen molar-refractivity contribution in [3.05, 3.63) is 23.5 Å². The minimum atomic E-state index is -0.785. The molecule has 1 aliphatic heterocycles. The second-order valence-corrected chi connectivity index (χ2v) is 8.50. The van der Waals surface area contributed by atoms with Gasteiger partial charge in [0.2, 0.25) is 0 Å². The van der Waals surface area contributed by atoms with E-state index < -0.39 is 17.4 Å². The van der Waals surface area contributed by atoms with Gasteiger partial charge >= 0.3 is 12.2 Å². The Morgan fingerprint density at radius 3 is 2.31 bits per heavy atom. The van der Waals surface area contributed by atoms with Gasteiger partial charge in [0.15, 0.2) is 5.75 Å². The Morgan fingerprint density at radius 2 is 1.73 bits per heavy atom. The molecule has 7 nitrogen and oxygen atoms in total. The van der Waals surface area contributed by atoms with Gasteiger partial charge < -0.3 is 19.1 Å². The fourth-order valence-electron chi connectivity index (χ4n) is 2.55. The summed E-state index contributed by atoms with van der Waals surface area (Å²) in [5.74, 6) is 0.289. The van der Waals surface area contributed by atoms with Gasteiger partial charge in [-0.3, -0.25) is 4.98 Å². The molecule has 2 rings (SSSR count). The molecule has 1 aliphatic rings. The van der Waals surface area contributed by atoms with E-state index in [1.54, 1.807) is 31.7 Å². The molecule has 1 aromatic rings. The molecule has 1 aromatic heterocycles. The number of pyridine rings is 1. The summed E-state index contributed by atoms with van der Waals surface area (Å²) in [6, 6.07) is 1.69. The lowest BCUT2D eigenvalue weighted by Gasteiger charge is -2.35. The molecule has 0 spiro atoms. The number of carbonyl (C=O) groups excluding carboxylic acids is 2. The van der Waals surface area contributed by atoms with Crippen molar-refractivity contribution >= 4 is 12.2 Å². The van der Waals surface area contributed by atoms with Crippen molar-refractivity contribution in [3.8, 4) is 5.75 Å². The summed E-state index contributed by atoms with van der Waals surface area (Å²) in [6.07, 6.45) is 0.960. The van der Waals surface area contributed by atoms with E-state index in [4.69, 9.17) is 14.2 Å². The first kappa shape index (κ1) is 20.0. The topological polar surface area (TPSA) is 78.0 Å². The van der Waals surface area contributed by atoms with Gasteiger partial charge in [0.05, 0.1) is 12.7 Å². The van der Waals surface area contributed by atoms with E-state index in [0.29, 0.717) is 13.0 Å². The zero-order valence-corrected chi connectivity index (χ0v) is 16.6. The molecular weight excluding hydrogens is 336 g/mol. The number of aromatic nitrogens is 1. The first-order valence-corrected chi connectivity index (χ1v) is 8.72. The highest BCUT2D eigenvalue weighted by Crippen LogP contribution is 2.27. The summed E-state index contributed by atoms with van der Waals surface area (Å²) in [6.45, 7) is 13.1. The lowest BCUT2D eigenvalue weighted by Crippen LogP contribution is -2.45. The Labute approximate surface area is 154 Å². The Morgan fingerprint density at radius 1 is 1.12 bits per heavy atom. The van der Waals surface area contributed by atoms with E-state index in [1.165, 1.54) is 6.20 Å². The zero-order chi connectivity index (χ0) is 19.7. The van der Waals surface area contributed by atoms with Gasteiger partial charge in [0, 0.05) is 18.2 Å². The van der Waals surface area contributed by atoms with Gasteiger partial charge in [0.1, 0.15) is 11.2 Å². The second kappa shape index (κ2) is 7.13. The Hall–Kier alpha value is -2.31. The van der Waals surface area contributed by atoms with Crippen LogP contribution >= 0.6 is 0 Å². The molecular formula is C19H28N2O5. The van der Waals surface area contributed by atoms with Crippen molar-refractivity contribution in [3.63, 3.8) is 0 Å². The molecule has 0 N–H and O–H groups in total. The minimum Gasteiger partial charge on any atom is -0.444 e. The molecule has 2 heterocycles. The van der Waals surface area contributed by atoms with Crippen molar-refractivity contribution in [2.75, 3.05) is 0 Å². The predicted octanol–water partition coefficient (Wildman–Crippen LogP) is 4.08. The SMILES string of the molecule is C[C@@H]1Cc2ncc(OC(=O)OC(C)(C)C)cc2CN1C(=O)OC(C)(C)C. The van der Waals surface area contributed by atoms with Crippen LogP contribution in [0, 0.1) is 0 Å². The molecule has 0 unspecified atom stereocenters. The van der Waals surface area contributed by atoms with Gasteiger partial charge in [-0.05, 0) is 60.1 Å². The molecule has 7 heteroatoms. The van der Waals surface area contributed by atoms with Crippen LogP contribution in [-0.4, -0.2) is 39.4 Å². The maximum atomic E-state index is 12.4. The fraction of sp³-hybridized carbons (Fsp3) is 0.632. The largest absolute Gasteiger partial charge is 0.514 e. The molecule has 1 atom stereocenters. The monoisotopic (exact) mass is 364 g/mol. The van der Waals surface area contributed by atoms with E-state index >= 15 is 0 Å². The lowest BCUT2D eigenvalue weighted by molar-refractivity contribution is 0.0129. The van der Waals surface area contributed by atoms with Crippen LogP contribution in [0.1, 0.15) is 59.7 Å². The third kappa shape index (κ3) is 5.61. The van der Waals surface area contributed by atoms with Crippen LogP contribution in [0.4, 0.5) is 9.59 Å². The smallest absolute Gasteiger partial charge is 0.444 e. The molecule has 1 amide bonds. The van der Waals surface area contributed by atoms with Gasteiger partial charge in [-0.25, -0.2) is 9.59 Å². The maximum absolute atomic E-state index is 12.4. The quantitative estimate of drug-likeness (QED) is 0.699. The van der Waals surface area contributed by atoms with Crippen LogP contribution in [0.2, 0.25) is 0 Å². The average molecular weight is 364 g/mol. The van der Waals surface area contributed by atoms with E-state index in [-0.39, 0.29) is 17.9 Å². The molecule has 0 aromatic carbocycles. The number of hydrogen-bond donors (Lipinski definition) is 0. The molecule has 0 aliphatic carbocycles. The number of carbonyl (C=O) groups is 2. The molecule has 0 saturated carbocycles. The van der Waals surface area contributed by atoms with Crippen LogP contribution in [0.25, 0.3) is 0 Å². The van der Waals surface area contributed by atoms with Crippen LogP contribution in [0.5, 0.6) is 5.75 Å². The van der Waals surface area contributed by atoms with Gasteiger partial charge in [-0.2, -0.15) is 0 Å². The normalized spacial score (nSPS) is 17.3. The highest BCUT2D eigenvalue weighted by molar-refractivity contribution is 5.69. The first-order valence-electron chi connectivity index (χ1n) is 8.72. The minimum absolute atomic E-state index is 0.0255. The highest BCUT2D eigenvalue weighted by Gasteiger charge is 2.31. The van der Waals surface area contributed by atoms with Crippen LogP contribution in [0.3, 0.4) is 0 Å². The van der Waals surface area contributed by atoms with E-state index in [1.807, 2.05) is 27.7 Å². The van der Waals surface area contributed by atoms with Crippen LogP contribution in [-0.2, 0) is 22.4 Å². The van der Waals surface area contributed by atoms with E-state index in [0.717, 1.165) is 11.3 Å². The third-order valence-electron chi connectivity index (χ3n) is 3.62. The summed E-state index contributed by atoms with van der Waals surface area (Å²) in [4.78, 5) is 30.3. The molecule has 144 valence electrons. The number of nitrogens with zero attached hydrogens (tertiary/aromatic N) is 2. The van der Waals surface area contributed by atoms with E-state index in [9.17, 15) is 9.59 Å².